The predicted molar refractivity (Wildman–Crippen MR) is 93.7 cm³/mol. The van der Waals surface area contributed by atoms with Crippen molar-refractivity contribution in [1.29, 1.82) is 0 Å². The molecule has 0 atom stereocenters. The lowest BCUT2D eigenvalue weighted by molar-refractivity contribution is 0.00578. The van der Waals surface area contributed by atoms with Crippen LogP contribution in [-0.4, -0.2) is 25.1 Å². The van der Waals surface area contributed by atoms with Gasteiger partial charge in [-0.05, 0) is 56.4 Å². The lowest BCUT2D eigenvalue weighted by atomic mass is 9.78. The Bertz CT molecular complexity index is 751. The van der Waals surface area contributed by atoms with Crippen LogP contribution in [-0.2, 0) is 9.31 Å². The van der Waals surface area contributed by atoms with Gasteiger partial charge in [0.2, 0.25) is 6.79 Å². The lowest BCUT2D eigenvalue weighted by Crippen LogP contribution is -2.41. The Hall–Kier alpha value is -1.98. The molecule has 2 aliphatic heterocycles. The SMILES string of the molecule is CC1(C)OB(c2ccc(-c3ccc4c(c3)OCO4)cc2)OC1(C)C. The first-order valence-electron chi connectivity index (χ1n) is 8.21. The molecular formula is C19H21BO4. The summed E-state index contributed by atoms with van der Waals surface area (Å²) in [6.07, 6.45) is 0. The fraction of sp³-hybridized carbons (Fsp3) is 0.368. The first-order valence-corrected chi connectivity index (χ1v) is 8.21. The van der Waals surface area contributed by atoms with Gasteiger partial charge in [0.05, 0.1) is 11.2 Å². The summed E-state index contributed by atoms with van der Waals surface area (Å²) in [5.41, 5.74) is 2.59. The predicted octanol–water partition coefficient (Wildman–Crippen LogP) is 3.38. The van der Waals surface area contributed by atoms with Gasteiger partial charge < -0.3 is 18.8 Å². The smallest absolute Gasteiger partial charge is 0.454 e. The molecule has 0 aliphatic carbocycles. The molecule has 2 heterocycles. The average Bonchev–Trinajstić information content (AvgIpc) is 3.09. The zero-order valence-corrected chi connectivity index (χ0v) is 14.5. The number of ether oxygens (including phenoxy) is 2. The Balaban J connectivity index is 1.58. The summed E-state index contributed by atoms with van der Waals surface area (Å²) in [7, 11) is -0.333. The van der Waals surface area contributed by atoms with Crippen LogP contribution in [0.5, 0.6) is 11.5 Å². The molecule has 0 aromatic heterocycles. The van der Waals surface area contributed by atoms with Crippen molar-refractivity contribution in [3.05, 3.63) is 42.5 Å². The monoisotopic (exact) mass is 324 g/mol. The summed E-state index contributed by atoms with van der Waals surface area (Å²) in [6, 6.07) is 14.3. The van der Waals surface area contributed by atoms with Gasteiger partial charge in [0.15, 0.2) is 11.5 Å². The first kappa shape index (κ1) is 15.5. The van der Waals surface area contributed by atoms with Crippen LogP contribution in [0.15, 0.2) is 42.5 Å². The number of hydrogen-bond donors (Lipinski definition) is 0. The molecule has 0 unspecified atom stereocenters. The van der Waals surface area contributed by atoms with Crippen LogP contribution in [0.1, 0.15) is 27.7 Å². The second-order valence-corrected chi connectivity index (χ2v) is 7.28. The molecule has 4 rings (SSSR count). The zero-order valence-electron chi connectivity index (χ0n) is 14.5. The Morgan fingerprint density at radius 2 is 1.33 bits per heavy atom. The van der Waals surface area contributed by atoms with Crippen LogP contribution in [0, 0.1) is 0 Å². The maximum atomic E-state index is 6.10. The van der Waals surface area contributed by atoms with Crippen LogP contribution in [0.2, 0.25) is 0 Å². The van der Waals surface area contributed by atoms with E-state index in [9.17, 15) is 0 Å². The molecule has 1 fully saturated rings. The highest BCUT2D eigenvalue weighted by Gasteiger charge is 2.51. The minimum Gasteiger partial charge on any atom is -0.454 e. The molecule has 0 N–H and O–H groups in total. The van der Waals surface area contributed by atoms with Gasteiger partial charge in [-0.25, -0.2) is 0 Å². The van der Waals surface area contributed by atoms with Crippen LogP contribution in [0.25, 0.3) is 11.1 Å². The highest BCUT2D eigenvalue weighted by Crippen LogP contribution is 2.37. The second-order valence-electron chi connectivity index (χ2n) is 7.28. The van der Waals surface area contributed by atoms with Crippen LogP contribution in [0.4, 0.5) is 0 Å². The fourth-order valence-corrected chi connectivity index (χ4v) is 2.89. The van der Waals surface area contributed by atoms with E-state index in [1.54, 1.807) is 0 Å². The summed E-state index contributed by atoms with van der Waals surface area (Å²) in [6.45, 7) is 8.55. The maximum absolute atomic E-state index is 6.10. The largest absolute Gasteiger partial charge is 0.494 e. The molecule has 0 radical (unpaired) electrons. The van der Waals surface area contributed by atoms with E-state index in [4.69, 9.17) is 18.8 Å². The Labute approximate surface area is 142 Å². The van der Waals surface area contributed by atoms with E-state index >= 15 is 0 Å². The molecule has 1 saturated heterocycles. The zero-order chi connectivity index (χ0) is 16.9. The first-order chi connectivity index (χ1) is 11.4. The third-order valence-corrected chi connectivity index (χ3v) is 5.14. The number of fused-ring (bicyclic) bond motifs is 1. The average molecular weight is 324 g/mol. The van der Waals surface area contributed by atoms with Gasteiger partial charge in [-0.3, -0.25) is 0 Å². The highest BCUT2D eigenvalue weighted by molar-refractivity contribution is 6.62. The van der Waals surface area contributed by atoms with Crippen LogP contribution < -0.4 is 14.9 Å². The van der Waals surface area contributed by atoms with E-state index in [2.05, 4.69) is 52.0 Å². The number of rotatable bonds is 2. The standard InChI is InChI=1S/C19H21BO4/c1-18(2)19(3,4)24-20(23-18)15-8-5-13(6-9-15)14-7-10-16-17(11-14)22-12-21-16/h5-11H,12H2,1-4H3. The van der Waals surface area contributed by atoms with Crippen molar-refractivity contribution in [2.75, 3.05) is 6.79 Å². The Morgan fingerprint density at radius 3 is 2.00 bits per heavy atom. The normalized spacial score (nSPS) is 20.4. The van der Waals surface area contributed by atoms with Gasteiger partial charge >= 0.3 is 7.12 Å². The molecule has 0 saturated carbocycles. The van der Waals surface area contributed by atoms with E-state index in [1.165, 1.54) is 0 Å². The van der Waals surface area contributed by atoms with Gasteiger partial charge in [-0.2, -0.15) is 0 Å². The summed E-state index contributed by atoms with van der Waals surface area (Å²) in [5, 5.41) is 0. The van der Waals surface area contributed by atoms with Crippen LogP contribution >= 0.6 is 0 Å². The molecule has 24 heavy (non-hydrogen) atoms. The molecule has 0 spiro atoms. The summed E-state index contributed by atoms with van der Waals surface area (Å²) in [4.78, 5) is 0. The van der Waals surface area contributed by atoms with Crippen molar-refractivity contribution < 1.29 is 18.8 Å². The van der Waals surface area contributed by atoms with E-state index in [0.29, 0.717) is 6.79 Å². The van der Waals surface area contributed by atoms with Gasteiger partial charge in [0.25, 0.3) is 0 Å². The number of hydrogen-bond acceptors (Lipinski definition) is 4. The molecule has 2 aromatic carbocycles. The molecule has 5 heteroatoms. The highest BCUT2D eigenvalue weighted by atomic mass is 16.7. The topological polar surface area (TPSA) is 36.9 Å². The molecule has 2 aromatic rings. The van der Waals surface area contributed by atoms with Crippen molar-refractivity contribution in [2.24, 2.45) is 0 Å². The summed E-state index contributed by atoms with van der Waals surface area (Å²) >= 11 is 0. The van der Waals surface area contributed by atoms with Gasteiger partial charge in [-0.1, -0.05) is 30.3 Å². The number of benzene rings is 2. The van der Waals surface area contributed by atoms with Crippen molar-refractivity contribution in [3.63, 3.8) is 0 Å². The van der Waals surface area contributed by atoms with Gasteiger partial charge in [0, 0.05) is 0 Å². The third kappa shape index (κ3) is 2.48. The minimum absolute atomic E-state index is 0.291. The molecule has 0 amide bonds. The molecular weight excluding hydrogens is 303 g/mol. The molecule has 2 aliphatic rings. The molecule has 4 nitrogen and oxygen atoms in total. The van der Waals surface area contributed by atoms with Gasteiger partial charge in [-0.15, -0.1) is 0 Å². The fourth-order valence-electron chi connectivity index (χ4n) is 2.89. The van der Waals surface area contributed by atoms with E-state index in [-0.39, 0.29) is 18.3 Å². The summed E-state index contributed by atoms with van der Waals surface area (Å²) < 4.78 is 23.0. The van der Waals surface area contributed by atoms with Crippen molar-refractivity contribution in [3.8, 4) is 22.6 Å². The van der Waals surface area contributed by atoms with Gasteiger partial charge in [0.1, 0.15) is 0 Å². The Morgan fingerprint density at radius 1 is 0.750 bits per heavy atom. The minimum atomic E-state index is -0.333. The maximum Gasteiger partial charge on any atom is 0.494 e. The second kappa shape index (κ2) is 5.26. The quantitative estimate of drug-likeness (QED) is 0.794. The Kier molecular flexibility index (Phi) is 3.41. The summed E-state index contributed by atoms with van der Waals surface area (Å²) in [5.74, 6) is 1.59. The lowest BCUT2D eigenvalue weighted by Gasteiger charge is -2.32. The van der Waals surface area contributed by atoms with Crippen molar-refractivity contribution in [1.82, 2.24) is 0 Å². The van der Waals surface area contributed by atoms with Crippen molar-refractivity contribution >= 4 is 12.6 Å². The van der Waals surface area contributed by atoms with E-state index < -0.39 is 0 Å². The van der Waals surface area contributed by atoms with Crippen molar-refractivity contribution in [2.45, 2.75) is 38.9 Å². The van der Waals surface area contributed by atoms with E-state index in [0.717, 1.165) is 28.1 Å². The van der Waals surface area contributed by atoms with Crippen LogP contribution in [0.3, 0.4) is 0 Å². The third-order valence-electron chi connectivity index (χ3n) is 5.14. The molecule has 0 bridgehead atoms. The van der Waals surface area contributed by atoms with E-state index in [1.807, 2.05) is 18.2 Å². The molecule has 124 valence electrons.